The summed E-state index contributed by atoms with van der Waals surface area (Å²) in [6.45, 7) is 2.51. The van der Waals surface area contributed by atoms with Crippen LogP contribution in [0, 0.1) is 5.92 Å². The molecule has 3 atom stereocenters. The van der Waals surface area contributed by atoms with Crippen molar-refractivity contribution in [2.45, 2.75) is 24.8 Å². The van der Waals surface area contributed by atoms with Gasteiger partial charge in [0.25, 0.3) is 0 Å². The molecule has 2 fully saturated rings. The fraction of sp³-hybridized carbons (Fsp3) is 0.529. The van der Waals surface area contributed by atoms with E-state index in [0.717, 1.165) is 32.5 Å². The quantitative estimate of drug-likeness (QED) is 0.908. The van der Waals surface area contributed by atoms with E-state index >= 15 is 0 Å². The van der Waals surface area contributed by atoms with Crippen LogP contribution < -0.4 is 5.32 Å². The van der Waals surface area contributed by atoms with E-state index in [9.17, 15) is 4.79 Å². The molecule has 1 amide bonds. The van der Waals surface area contributed by atoms with E-state index in [1.54, 1.807) is 11.3 Å². The van der Waals surface area contributed by atoms with Gasteiger partial charge in [0, 0.05) is 38.8 Å². The third-order valence-electron chi connectivity index (χ3n) is 5.15. The van der Waals surface area contributed by atoms with Crippen molar-refractivity contribution in [3.8, 4) is 0 Å². The molecule has 2 aromatic rings. The summed E-state index contributed by atoms with van der Waals surface area (Å²) >= 11 is 1.71. The number of amides is 1. The third-order valence-corrected chi connectivity index (χ3v) is 5.85. The lowest BCUT2D eigenvalue weighted by Crippen LogP contribution is -2.38. The molecule has 24 heavy (non-hydrogen) atoms. The lowest BCUT2D eigenvalue weighted by Gasteiger charge is -2.29. The van der Waals surface area contributed by atoms with Crippen LogP contribution in [-0.4, -0.2) is 40.2 Å². The number of nitrogens with zero attached hydrogens (tertiary/aromatic N) is 3. The Hall–Kier alpha value is -1.37. The Morgan fingerprint density at radius 3 is 2.96 bits per heavy atom. The summed E-state index contributed by atoms with van der Waals surface area (Å²) in [4.78, 5) is 15.3. The summed E-state index contributed by atoms with van der Waals surface area (Å²) in [5.41, 5.74) is 2.46. The molecule has 2 aromatic heterocycles. The Labute approximate surface area is 152 Å². The molecule has 1 unspecified atom stereocenters. The van der Waals surface area contributed by atoms with Crippen LogP contribution in [0.1, 0.15) is 35.9 Å². The summed E-state index contributed by atoms with van der Waals surface area (Å²) in [6, 6.07) is 2.43. The van der Waals surface area contributed by atoms with Gasteiger partial charge in [0.1, 0.15) is 0 Å². The average molecular weight is 367 g/mol. The van der Waals surface area contributed by atoms with Gasteiger partial charge >= 0.3 is 0 Å². The molecule has 4 rings (SSSR count). The number of nitrogens with one attached hydrogen (secondary N) is 1. The van der Waals surface area contributed by atoms with Crippen LogP contribution in [0.15, 0.2) is 29.2 Å². The number of hydrogen-bond acceptors (Lipinski definition) is 4. The van der Waals surface area contributed by atoms with E-state index in [1.165, 1.54) is 11.1 Å². The molecule has 130 valence electrons. The van der Waals surface area contributed by atoms with Crippen LogP contribution in [0.4, 0.5) is 0 Å². The minimum atomic E-state index is 0. The molecule has 2 aliphatic heterocycles. The zero-order valence-corrected chi connectivity index (χ0v) is 15.4. The molecular formula is C17H23ClN4OS. The molecule has 0 saturated carbocycles. The number of thiophene rings is 1. The van der Waals surface area contributed by atoms with Gasteiger partial charge in [-0.15, -0.1) is 12.4 Å². The lowest BCUT2D eigenvalue weighted by molar-refractivity contribution is -0.136. The van der Waals surface area contributed by atoms with Crippen molar-refractivity contribution < 1.29 is 4.79 Å². The summed E-state index contributed by atoms with van der Waals surface area (Å²) in [6.07, 6.45) is 6.13. The Kier molecular flexibility index (Phi) is 5.27. The largest absolute Gasteiger partial charge is 0.335 e. The van der Waals surface area contributed by atoms with Crippen molar-refractivity contribution >= 4 is 29.7 Å². The van der Waals surface area contributed by atoms with E-state index in [1.807, 2.05) is 24.1 Å². The van der Waals surface area contributed by atoms with Crippen molar-refractivity contribution in [1.82, 2.24) is 20.0 Å². The van der Waals surface area contributed by atoms with Gasteiger partial charge in [0.2, 0.25) is 5.91 Å². The van der Waals surface area contributed by atoms with Gasteiger partial charge in [-0.25, -0.2) is 0 Å². The highest BCUT2D eigenvalue weighted by Gasteiger charge is 2.40. The Balaban J connectivity index is 0.00000169. The molecule has 0 aromatic carbocycles. The highest BCUT2D eigenvalue weighted by atomic mass is 35.5. The standard InChI is InChI=1S/C17H22N4OS.ClH/c1-20-10-13(7-19-20)14-8-18-9-15(14)17(22)21-5-2-3-16(21)12-4-6-23-11-12;/h4,6-7,10-11,14-16,18H,2-3,5,8-9H2,1H3;1H/t14-,15+,16?;/m1./s1. The number of aromatic nitrogens is 2. The van der Waals surface area contributed by atoms with Gasteiger partial charge in [-0.1, -0.05) is 0 Å². The zero-order chi connectivity index (χ0) is 15.8. The molecule has 0 bridgehead atoms. The van der Waals surface area contributed by atoms with Crippen LogP contribution in [0.2, 0.25) is 0 Å². The first-order valence-corrected chi connectivity index (χ1v) is 9.20. The normalized spacial score (nSPS) is 26.5. The Morgan fingerprint density at radius 1 is 1.38 bits per heavy atom. The maximum Gasteiger partial charge on any atom is 0.228 e. The molecule has 1 N–H and O–H groups in total. The highest BCUT2D eigenvalue weighted by molar-refractivity contribution is 7.07. The molecule has 0 radical (unpaired) electrons. The van der Waals surface area contributed by atoms with Crippen LogP contribution in [0.3, 0.4) is 0 Å². The second-order valence-electron chi connectivity index (χ2n) is 6.56. The van der Waals surface area contributed by atoms with Gasteiger partial charge < -0.3 is 10.2 Å². The van der Waals surface area contributed by atoms with Crippen molar-refractivity contribution in [1.29, 1.82) is 0 Å². The molecule has 2 saturated heterocycles. The summed E-state index contributed by atoms with van der Waals surface area (Å²) in [7, 11) is 1.93. The van der Waals surface area contributed by atoms with Crippen LogP contribution >= 0.6 is 23.7 Å². The summed E-state index contributed by atoms with van der Waals surface area (Å²) in [5.74, 6) is 0.566. The summed E-state index contributed by atoms with van der Waals surface area (Å²) in [5, 5.41) is 12.0. The highest BCUT2D eigenvalue weighted by Crippen LogP contribution is 2.37. The number of rotatable bonds is 3. The molecule has 7 heteroatoms. The van der Waals surface area contributed by atoms with E-state index in [2.05, 4.69) is 32.1 Å². The van der Waals surface area contributed by atoms with E-state index in [4.69, 9.17) is 0 Å². The maximum atomic E-state index is 13.2. The van der Waals surface area contributed by atoms with Gasteiger partial charge in [0.05, 0.1) is 18.2 Å². The molecule has 0 spiro atoms. The van der Waals surface area contributed by atoms with E-state index < -0.39 is 0 Å². The molecule has 4 heterocycles. The number of likely N-dealkylation sites (tertiary alicyclic amines) is 1. The fourth-order valence-corrected chi connectivity index (χ4v) is 4.68. The minimum absolute atomic E-state index is 0. The average Bonchev–Trinajstić information content (AvgIpc) is 3.31. The molecule has 5 nitrogen and oxygen atoms in total. The Morgan fingerprint density at radius 2 is 2.25 bits per heavy atom. The number of halogens is 1. The number of aryl methyl sites for hydroxylation is 1. The smallest absolute Gasteiger partial charge is 0.228 e. The fourth-order valence-electron chi connectivity index (χ4n) is 3.97. The van der Waals surface area contributed by atoms with Gasteiger partial charge in [-0.2, -0.15) is 16.4 Å². The number of hydrogen-bond donors (Lipinski definition) is 1. The first-order valence-electron chi connectivity index (χ1n) is 8.26. The first kappa shape index (κ1) is 17.5. The van der Waals surface area contributed by atoms with Gasteiger partial charge in [0.15, 0.2) is 0 Å². The Bertz CT molecular complexity index is 687. The van der Waals surface area contributed by atoms with Crippen LogP contribution in [0.5, 0.6) is 0 Å². The number of carbonyl (C=O) groups excluding carboxylic acids is 1. The maximum absolute atomic E-state index is 13.2. The van der Waals surface area contributed by atoms with Gasteiger partial charge in [-0.05, 0) is 40.8 Å². The summed E-state index contributed by atoms with van der Waals surface area (Å²) < 4.78 is 1.82. The molecule has 0 aliphatic carbocycles. The predicted molar refractivity (Wildman–Crippen MR) is 97.6 cm³/mol. The van der Waals surface area contributed by atoms with Crippen molar-refractivity contribution in [2.75, 3.05) is 19.6 Å². The molecule has 2 aliphatic rings. The van der Waals surface area contributed by atoms with Crippen molar-refractivity contribution in [2.24, 2.45) is 13.0 Å². The lowest BCUT2D eigenvalue weighted by atomic mass is 9.89. The third kappa shape index (κ3) is 3.10. The second kappa shape index (κ2) is 7.25. The van der Waals surface area contributed by atoms with Crippen LogP contribution in [-0.2, 0) is 11.8 Å². The SMILES string of the molecule is Cl.Cn1cc([C@H]2CNC[C@@H]2C(=O)N2CCCC2c2ccsc2)cn1. The topological polar surface area (TPSA) is 50.2 Å². The van der Waals surface area contributed by atoms with Crippen molar-refractivity contribution in [3.05, 3.63) is 40.3 Å². The van der Waals surface area contributed by atoms with E-state index in [-0.39, 0.29) is 30.3 Å². The predicted octanol–water partition coefficient (Wildman–Crippen LogP) is 2.57. The second-order valence-corrected chi connectivity index (χ2v) is 7.34. The van der Waals surface area contributed by atoms with Crippen molar-refractivity contribution in [3.63, 3.8) is 0 Å². The monoisotopic (exact) mass is 366 g/mol. The minimum Gasteiger partial charge on any atom is -0.335 e. The van der Waals surface area contributed by atoms with Gasteiger partial charge in [-0.3, -0.25) is 9.48 Å². The number of carbonyl (C=O) groups is 1. The first-order chi connectivity index (χ1) is 11.2. The molecular weight excluding hydrogens is 344 g/mol. The van der Waals surface area contributed by atoms with E-state index in [0.29, 0.717) is 5.91 Å². The van der Waals surface area contributed by atoms with Crippen LogP contribution in [0.25, 0.3) is 0 Å². The zero-order valence-electron chi connectivity index (χ0n) is 13.7.